The van der Waals surface area contributed by atoms with Crippen LogP contribution < -0.4 is 16.0 Å². The minimum Gasteiger partial charge on any atom is -0.491 e. The second-order valence-corrected chi connectivity index (χ2v) is 4.92. The number of morpholine rings is 1. The van der Waals surface area contributed by atoms with E-state index in [1.165, 1.54) is 11.7 Å². The third-order valence-corrected chi connectivity index (χ3v) is 3.49. The van der Waals surface area contributed by atoms with Crippen molar-refractivity contribution in [2.75, 3.05) is 33.4 Å². The van der Waals surface area contributed by atoms with E-state index in [1.807, 2.05) is 0 Å². The number of methoxy groups -OCH3 is 1. The summed E-state index contributed by atoms with van der Waals surface area (Å²) in [4.78, 5) is 26.0. The summed E-state index contributed by atoms with van der Waals surface area (Å²) in [7, 11) is 1.43. The molecule has 0 radical (unpaired) electrons. The van der Waals surface area contributed by atoms with Gasteiger partial charge < -0.3 is 24.7 Å². The summed E-state index contributed by atoms with van der Waals surface area (Å²) in [5, 5.41) is 0. The molecular formula is C14H21N3O4. The molecule has 0 aromatic carbocycles. The van der Waals surface area contributed by atoms with Crippen LogP contribution in [0.1, 0.15) is 6.42 Å². The van der Waals surface area contributed by atoms with Crippen LogP contribution in [0.4, 0.5) is 0 Å². The summed E-state index contributed by atoms with van der Waals surface area (Å²) in [5.41, 5.74) is 5.21. The number of aromatic nitrogens is 1. The van der Waals surface area contributed by atoms with E-state index in [-0.39, 0.29) is 29.9 Å². The third-order valence-electron chi connectivity index (χ3n) is 3.49. The maximum Gasteiger partial charge on any atom is 0.293 e. The second-order valence-electron chi connectivity index (χ2n) is 4.92. The molecule has 2 rings (SSSR count). The Morgan fingerprint density at radius 2 is 2.38 bits per heavy atom. The molecule has 21 heavy (non-hydrogen) atoms. The van der Waals surface area contributed by atoms with Gasteiger partial charge in [0.2, 0.25) is 5.91 Å². The molecule has 0 bridgehead atoms. The van der Waals surface area contributed by atoms with Crippen LogP contribution in [0.2, 0.25) is 0 Å². The van der Waals surface area contributed by atoms with E-state index in [0.717, 1.165) is 6.42 Å². The number of carbonyl (C=O) groups excluding carboxylic acids is 1. The monoisotopic (exact) mass is 295 g/mol. The first-order valence-electron chi connectivity index (χ1n) is 6.98. The van der Waals surface area contributed by atoms with E-state index in [9.17, 15) is 9.59 Å². The molecule has 1 aliphatic rings. The van der Waals surface area contributed by atoms with Crippen molar-refractivity contribution in [2.24, 2.45) is 5.73 Å². The van der Waals surface area contributed by atoms with Gasteiger partial charge in [0.15, 0.2) is 5.75 Å². The molecule has 2 heterocycles. The fourth-order valence-electron chi connectivity index (χ4n) is 2.35. The van der Waals surface area contributed by atoms with Crippen molar-refractivity contribution in [1.29, 1.82) is 0 Å². The predicted molar refractivity (Wildman–Crippen MR) is 77.2 cm³/mol. The van der Waals surface area contributed by atoms with Gasteiger partial charge in [-0.15, -0.1) is 0 Å². The fourth-order valence-corrected chi connectivity index (χ4v) is 2.35. The lowest BCUT2D eigenvalue weighted by Gasteiger charge is -2.33. The number of rotatable bonds is 5. The molecule has 7 nitrogen and oxygen atoms in total. The molecular weight excluding hydrogens is 274 g/mol. The van der Waals surface area contributed by atoms with Crippen molar-refractivity contribution >= 4 is 5.91 Å². The molecule has 1 unspecified atom stereocenters. The number of nitrogens with zero attached hydrogens (tertiary/aromatic N) is 2. The lowest BCUT2D eigenvalue weighted by molar-refractivity contribution is -0.139. The first-order valence-corrected chi connectivity index (χ1v) is 6.98. The molecule has 1 fully saturated rings. The molecule has 2 N–H and O–H groups in total. The van der Waals surface area contributed by atoms with Gasteiger partial charge in [0.1, 0.15) is 6.54 Å². The maximum absolute atomic E-state index is 12.3. The zero-order valence-electron chi connectivity index (χ0n) is 12.2. The molecule has 7 heteroatoms. The van der Waals surface area contributed by atoms with Crippen LogP contribution in [0.15, 0.2) is 23.1 Å². The Morgan fingerprint density at radius 3 is 3.10 bits per heavy atom. The Kier molecular flexibility index (Phi) is 5.35. The van der Waals surface area contributed by atoms with Crippen LogP contribution in [0.25, 0.3) is 0 Å². The molecule has 1 atom stereocenters. The average Bonchev–Trinajstić information content (AvgIpc) is 2.50. The molecule has 0 aliphatic carbocycles. The van der Waals surface area contributed by atoms with E-state index in [4.69, 9.17) is 15.2 Å². The Morgan fingerprint density at radius 1 is 1.57 bits per heavy atom. The molecule has 1 amide bonds. The van der Waals surface area contributed by atoms with E-state index in [2.05, 4.69) is 0 Å². The topological polar surface area (TPSA) is 86.8 Å². The first kappa shape index (κ1) is 15.5. The fraction of sp³-hybridized carbons (Fsp3) is 0.571. The standard InChI is InChI=1S/C14H21N3O4/c1-20-12-3-2-6-17(14(12)19)10-13(18)16-7-8-21-11(9-16)4-5-15/h2-3,6,11H,4-5,7-10,15H2,1H3. The highest BCUT2D eigenvalue weighted by atomic mass is 16.5. The van der Waals surface area contributed by atoms with Crippen LogP contribution in [0, 0.1) is 0 Å². The molecule has 1 aliphatic heterocycles. The van der Waals surface area contributed by atoms with Crippen molar-refractivity contribution in [3.8, 4) is 5.75 Å². The number of hydrogen-bond acceptors (Lipinski definition) is 5. The lowest BCUT2D eigenvalue weighted by Crippen LogP contribution is -2.47. The highest BCUT2D eigenvalue weighted by Gasteiger charge is 2.24. The molecule has 116 valence electrons. The smallest absolute Gasteiger partial charge is 0.293 e. The van der Waals surface area contributed by atoms with Gasteiger partial charge in [-0.05, 0) is 25.1 Å². The van der Waals surface area contributed by atoms with Gasteiger partial charge in [-0.3, -0.25) is 9.59 Å². The number of carbonyl (C=O) groups is 1. The summed E-state index contributed by atoms with van der Waals surface area (Å²) < 4.78 is 11.9. The van der Waals surface area contributed by atoms with Crippen molar-refractivity contribution in [2.45, 2.75) is 19.1 Å². The van der Waals surface area contributed by atoms with Gasteiger partial charge in [0.05, 0.1) is 19.8 Å². The second kappa shape index (κ2) is 7.24. The quantitative estimate of drug-likeness (QED) is 0.786. The Labute approximate surface area is 123 Å². The zero-order valence-corrected chi connectivity index (χ0v) is 12.2. The van der Waals surface area contributed by atoms with E-state index in [0.29, 0.717) is 26.2 Å². The van der Waals surface area contributed by atoms with Crippen molar-refractivity contribution < 1.29 is 14.3 Å². The van der Waals surface area contributed by atoms with Crippen LogP contribution in [-0.2, 0) is 16.1 Å². The highest BCUT2D eigenvalue weighted by Crippen LogP contribution is 2.09. The summed E-state index contributed by atoms with van der Waals surface area (Å²) >= 11 is 0. The number of ether oxygens (including phenoxy) is 2. The molecule has 1 saturated heterocycles. The van der Waals surface area contributed by atoms with Gasteiger partial charge in [-0.1, -0.05) is 0 Å². The van der Waals surface area contributed by atoms with Crippen LogP contribution in [-0.4, -0.2) is 54.8 Å². The normalized spacial score (nSPS) is 18.6. The Bertz CT molecular complexity index is 541. The summed E-state index contributed by atoms with van der Waals surface area (Å²) in [6.45, 7) is 2.10. The maximum atomic E-state index is 12.3. The van der Waals surface area contributed by atoms with Crippen LogP contribution >= 0.6 is 0 Å². The number of hydrogen-bond donors (Lipinski definition) is 1. The number of amides is 1. The largest absolute Gasteiger partial charge is 0.491 e. The Balaban J connectivity index is 2.03. The van der Waals surface area contributed by atoms with Crippen molar-refractivity contribution in [1.82, 2.24) is 9.47 Å². The number of pyridine rings is 1. The SMILES string of the molecule is COc1cccn(CC(=O)N2CCOC(CCN)C2)c1=O. The predicted octanol–water partition coefficient (Wildman–Crippen LogP) is -0.567. The van der Waals surface area contributed by atoms with E-state index in [1.54, 1.807) is 23.2 Å². The van der Waals surface area contributed by atoms with Crippen LogP contribution in [0.3, 0.4) is 0 Å². The zero-order chi connectivity index (χ0) is 15.2. The lowest BCUT2D eigenvalue weighted by atomic mass is 10.2. The minimum absolute atomic E-state index is 0.00534. The van der Waals surface area contributed by atoms with Crippen molar-refractivity contribution in [3.63, 3.8) is 0 Å². The molecule has 1 aromatic rings. The van der Waals surface area contributed by atoms with Crippen molar-refractivity contribution in [3.05, 3.63) is 28.7 Å². The minimum atomic E-state index is -0.305. The average molecular weight is 295 g/mol. The van der Waals surface area contributed by atoms with Gasteiger partial charge in [0, 0.05) is 19.3 Å². The van der Waals surface area contributed by atoms with Gasteiger partial charge in [-0.25, -0.2) is 0 Å². The molecule has 1 aromatic heterocycles. The summed E-state index contributed by atoms with van der Waals surface area (Å²) in [5.74, 6) is 0.129. The van der Waals surface area contributed by atoms with Crippen LogP contribution in [0.5, 0.6) is 5.75 Å². The first-order chi connectivity index (χ1) is 10.2. The van der Waals surface area contributed by atoms with E-state index >= 15 is 0 Å². The molecule has 0 spiro atoms. The molecule has 0 saturated carbocycles. The van der Waals surface area contributed by atoms with Gasteiger partial charge in [-0.2, -0.15) is 0 Å². The van der Waals surface area contributed by atoms with Gasteiger partial charge in [0.25, 0.3) is 5.56 Å². The summed E-state index contributed by atoms with van der Waals surface area (Å²) in [6.07, 6.45) is 2.29. The Hall–Kier alpha value is -1.86. The number of nitrogens with two attached hydrogens (primary N) is 1. The third kappa shape index (κ3) is 3.83. The van der Waals surface area contributed by atoms with Gasteiger partial charge >= 0.3 is 0 Å². The highest BCUT2D eigenvalue weighted by molar-refractivity contribution is 5.76. The van der Waals surface area contributed by atoms with E-state index < -0.39 is 0 Å². The summed E-state index contributed by atoms with van der Waals surface area (Å²) in [6, 6.07) is 3.26.